The van der Waals surface area contributed by atoms with Crippen LogP contribution in [0.5, 0.6) is 0 Å². The predicted octanol–water partition coefficient (Wildman–Crippen LogP) is 4.74. The van der Waals surface area contributed by atoms with E-state index in [2.05, 4.69) is 23.0 Å². The van der Waals surface area contributed by atoms with Crippen LogP contribution in [0.4, 0.5) is 5.69 Å². The summed E-state index contributed by atoms with van der Waals surface area (Å²) < 4.78 is 7.55. The Kier molecular flexibility index (Phi) is 6.60. The van der Waals surface area contributed by atoms with E-state index >= 15 is 0 Å². The van der Waals surface area contributed by atoms with Crippen molar-refractivity contribution in [2.75, 3.05) is 18.0 Å². The molecule has 29 heavy (non-hydrogen) atoms. The standard InChI is InChI=1S/C23H26ClN3O2/c1-5-7-19(6-2)29-20-10-12-26(13-11-20)22-9-8-18(15-21(22)24)27-17(4)25-16(3)14-23(27)28/h5-9,14-15,20H,1-2,10-13H2,3-4H3/b19-7+. The minimum atomic E-state index is -0.109. The smallest absolute Gasteiger partial charge is 0.258 e. The van der Waals surface area contributed by atoms with Gasteiger partial charge >= 0.3 is 0 Å². The van der Waals surface area contributed by atoms with Crippen LogP contribution in [-0.4, -0.2) is 28.7 Å². The first-order valence-electron chi connectivity index (χ1n) is 9.67. The van der Waals surface area contributed by atoms with Gasteiger partial charge in [0.05, 0.1) is 16.4 Å². The van der Waals surface area contributed by atoms with Crippen molar-refractivity contribution in [3.63, 3.8) is 0 Å². The third-order valence-electron chi connectivity index (χ3n) is 4.97. The number of ether oxygens (including phenoxy) is 1. The molecule has 2 aromatic rings. The fourth-order valence-electron chi connectivity index (χ4n) is 3.62. The average molecular weight is 412 g/mol. The molecular formula is C23H26ClN3O2. The summed E-state index contributed by atoms with van der Waals surface area (Å²) in [5.41, 5.74) is 2.28. The topological polar surface area (TPSA) is 47.4 Å². The van der Waals surface area contributed by atoms with Crippen LogP contribution in [0, 0.1) is 13.8 Å². The molecule has 6 heteroatoms. The highest BCUT2D eigenvalue weighted by Crippen LogP contribution is 2.31. The van der Waals surface area contributed by atoms with Gasteiger partial charge in [-0.25, -0.2) is 4.98 Å². The van der Waals surface area contributed by atoms with Gasteiger partial charge in [0.25, 0.3) is 5.56 Å². The number of aryl methyl sites for hydroxylation is 2. The Labute approximate surface area is 176 Å². The van der Waals surface area contributed by atoms with Crippen molar-refractivity contribution >= 4 is 17.3 Å². The molecule has 1 aromatic carbocycles. The molecule has 152 valence electrons. The van der Waals surface area contributed by atoms with Gasteiger partial charge in [-0.05, 0) is 44.2 Å². The monoisotopic (exact) mass is 411 g/mol. The van der Waals surface area contributed by atoms with Gasteiger partial charge in [0.15, 0.2) is 0 Å². The van der Waals surface area contributed by atoms with Crippen molar-refractivity contribution in [1.29, 1.82) is 0 Å². The number of halogens is 1. The molecule has 0 N–H and O–H groups in total. The summed E-state index contributed by atoms with van der Waals surface area (Å²) in [6, 6.07) is 7.24. The number of allylic oxidation sites excluding steroid dienone is 3. The van der Waals surface area contributed by atoms with Gasteiger partial charge in [-0.3, -0.25) is 9.36 Å². The van der Waals surface area contributed by atoms with Gasteiger partial charge < -0.3 is 9.64 Å². The molecule has 0 atom stereocenters. The molecule has 0 spiro atoms. The summed E-state index contributed by atoms with van der Waals surface area (Å²) in [6.45, 7) is 12.8. The van der Waals surface area contributed by atoms with Gasteiger partial charge in [0, 0.05) is 37.7 Å². The molecule has 1 saturated heterocycles. The molecule has 2 heterocycles. The summed E-state index contributed by atoms with van der Waals surface area (Å²) in [6.07, 6.45) is 7.14. The molecular weight excluding hydrogens is 386 g/mol. The molecule has 3 rings (SSSR count). The Morgan fingerprint density at radius 2 is 1.97 bits per heavy atom. The van der Waals surface area contributed by atoms with Gasteiger partial charge in [-0.2, -0.15) is 0 Å². The minimum Gasteiger partial charge on any atom is -0.490 e. The largest absolute Gasteiger partial charge is 0.490 e. The maximum Gasteiger partial charge on any atom is 0.258 e. The first kappa shape index (κ1) is 20.9. The summed E-state index contributed by atoms with van der Waals surface area (Å²) in [4.78, 5) is 19.0. The summed E-state index contributed by atoms with van der Waals surface area (Å²) in [7, 11) is 0. The number of anilines is 1. The highest BCUT2D eigenvalue weighted by Gasteiger charge is 2.22. The van der Waals surface area contributed by atoms with Crippen molar-refractivity contribution in [2.24, 2.45) is 0 Å². The lowest BCUT2D eigenvalue weighted by Crippen LogP contribution is -2.37. The van der Waals surface area contributed by atoms with Crippen LogP contribution in [0.2, 0.25) is 5.02 Å². The quantitative estimate of drug-likeness (QED) is 0.508. The van der Waals surface area contributed by atoms with Crippen LogP contribution in [0.3, 0.4) is 0 Å². The van der Waals surface area contributed by atoms with Gasteiger partial charge in [-0.1, -0.05) is 30.8 Å². The lowest BCUT2D eigenvalue weighted by atomic mass is 10.1. The SMILES string of the molecule is C=C/C=C(\C=C)OC1CCN(c2ccc(-n3c(C)nc(C)cc3=O)cc2Cl)CC1. The summed E-state index contributed by atoms with van der Waals surface area (Å²) in [5, 5.41) is 0.618. The number of piperidine rings is 1. The Morgan fingerprint density at radius 3 is 2.55 bits per heavy atom. The zero-order valence-corrected chi connectivity index (χ0v) is 17.7. The normalized spacial score (nSPS) is 15.3. The van der Waals surface area contributed by atoms with Crippen molar-refractivity contribution < 1.29 is 4.74 Å². The average Bonchev–Trinajstić information content (AvgIpc) is 2.68. The van der Waals surface area contributed by atoms with Crippen molar-refractivity contribution in [1.82, 2.24) is 9.55 Å². The van der Waals surface area contributed by atoms with E-state index in [1.54, 1.807) is 16.7 Å². The molecule has 0 saturated carbocycles. The van der Waals surface area contributed by atoms with Crippen LogP contribution in [0.25, 0.3) is 5.69 Å². The molecule has 0 unspecified atom stereocenters. The number of nitrogens with zero attached hydrogens (tertiary/aromatic N) is 3. The predicted molar refractivity (Wildman–Crippen MR) is 119 cm³/mol. The molecule has 0 aliphatic carbocycles. The van der Waals surface area contributed by atoms with Crippen molar-refractivity contribution in [3.8, 4) is 5.69 Å². The Morgan fingerprint density at radius 1 is 1.24 bits per heavy atom. The number of rotatable bonds is 6. The molecule has 0 radical (unpaired) electrons. The fraction of sp³-hybridized carbons (Fsp3) is 0.304. The fourth-order valence-corrected chi connectivity index (χ4v) is 3.92. The maximum absolute atomic E-state index is 12.4. The highest BCUT2D eigenvalue weighted by atomic mass is 35.5. The van der Waals surface area contributed by atoms with E-state index < -0.39 is 0 Å². The molecule has 1 aliphatic heterocycles. The van der Waals surface area contributed by atoms with E-state index in [0.717, 1.165) is 43.1 Å². The molecule has 0 bridgehead atoms. The van der Waals surface area contributed by atoms with Crippen LogP contribution in [0.15, 0.2) is 66.2 Å². The van der Waals surface area contributed by atoms with Crippen LogP contribution in [-0.2, 0) is 4.74 Å². The van der Waals surface area contributed by atoms with Gasteiger partial charge in [-0.15, -0.1) is 0 Å². The maximum atomic E-state index is 12.4. The van der Waals surface area contributed by atoms with Crippen LogP contribution in [0.1, 0.15) is 24.4 Å². The Bertz CT molecular complexity index is 1000. The van der Waals surface area contributed by atoms with E-state index in [9.17, 15) is 4.79 Å². The molecule has 1 fully saturated rings. The van der Waals surface area contributed by atoms with Crippen LogP contribution < -0.4 is 10.5 Å². The van der Waals surface area contributed by atoms with E-state index in [-0.39, 0.29) is 11.7 Å². The highest BCUT2D eigenvalue weighted by molar-refractivity contribution is 6.33. The number of benzene rings is 1. The zero-order valence-electron chi connectivity index (χ0n) is 16.9. The van der Waals surface area contributed by atoms with Crippen molar-refractivity contribution in [2.45, 2.75) is 32.8 Å². The molecule has 1 aliphatic rings. The third-order valence-corrected chi connectivity index (χ3v) is 5.28. The van der Waals surface area contributed by atoms with Gasteiger partial charge in [0.2, 0.25) is 0 Å². The second-order valence-corrected chi connectivity index (χ2v) is 7.47. The van der Waals surface area contributed by atoms with E-state index in [4.69, 9.17) is 16.3 Å². The van der Waals surface area contributed by atoms with Crippen molar-refractivity contribution in [3.05, 3.63) is 88.3 Å². The van der Waals surface area contributed by atoms with E-state index in [1.165, 1.54) is 6.07 Å². The number of hydrogen-bond donors (Lipinski definition) is 0. The van der Waals surface area contributed by atoms with Gasteiger partial charge in [0.1, 0.15) is 17.7 Å². The van der Waals surface area contributed by atoms with Crippen LogP contribution >= 0.6 is 11.6 Å². The second-order valence-electron chi connectivity index (χ2n) is 7.07. The molecule has 0 amide bonds. The first-order valence-corrected chi connectivity index (χ1v) is 10.0. The minimum absolute atomic E-state index is 0.109. The number of hydrogen-bond acceptors (Lipinski definition) is 4. The lowest BCUT2D eigenvalue weighted by Gasteiger charge is -2.34. The Balaban J connectivity index is 1.74. The van der Waals surface area contributed by atoms with E-state index in [1.807, 2.05) is 38.1 Å². The van der Waals surface area contributed by atoms with E-state index in [0.29, 0.717) is 16.5 Å². The third kappa shape index (κ3) is 4.80. The Hall–Kier alpha value is -2.79. The summed E-state index contributed by atoms with van der Waals surface area (Å²) in [5.74, 6) is 1.38. The molecule has 5 nitrogen and oxygen atoms in total. The molecule has 1 aromatic heterocycles. The first-order chi connectivity index (χ1) is 13.9. The number of aromatic nitrogens is 2. The zero-order chi connectivity index (χ0) is 21.0. The lowest BCUT2D eigenvalue weighted by molar-refractivity contribution is 0.102. The second kappa shape index (κ2) is 9.14. The summed E-state index contributed by atoms with van der Waals surface area (Å²) >= 11 is 6.59.